The van der Waals surface area contributed by atoms with Crippen LogP contribution < -0.4 is 4.90 Å². The fraction of sp³-hybridized carbons (Fsp3) is 0. The van der Waals surface area contributed by atoms with Crippen LogP contribution >= 0.6 is 0 Å². The van der Waals surface area contributed by atoms with E-state index in [1.165, 1.54) is 54.8 Å². The maximum atomic E-state index is 6.56. The molecule has 3 nitrogen and oxygen atoms in total. The van der Waals surface area contributed by atoms with E-state index in [0.29, 0.717) is 0 Å². The topological polar surface area (TPSA) is 21.3 Å². The van der Waals surface area contributed by atoms with Crippen LogP contribution in [0.1, 0.15) is 0 Å². The molecule has 0 fully saturated rings. The van der Waals surface area contributed by atoms with Gasteiger partial charge in [-0.3, -0.25) is 0 Å². The van der Waals surface area contributed by atoms with Gasteiger partial charge in [0.15, 0.2) is 0 Å². The Hall–Kier alpha value is -8.92. The second kappa shape index (κ2) is 16.0. The second-order valence-electron chi connectivity index (χ2n) is 17.2. The van der Waals surface area contributed by atoms with Crippen molar-refractivity contribution in [3.05, 3.63) is 255 Å². The minimum atomic E-state index is 0.864. The molecular weight excluding hydrogens is 813 g/mol. The molecule has 11 aromatic carbocycles. The number of aromatic nitrogens is 1. The van der Waals surface area contributed by atoms with Gasteiger partial charge in [0.1, 0.15) is 11.2 Å². The molecule has 13 aromatic rings. The summed E-state index contributed by atoms with van der Waals surface area (Å²) in [6, 6.07) is 92.0. The van der Waals surface area contributed by atoms with Gasteiger partial charge >= 0.3 is 0 Å². The zero-order chi connectivity index (χ0) is 44.3. The van der Waals surface area contributed by atoms with E-state index in [9.17, 15) is 0 Å². The van der Waals surface area contributed by atoms with Crippen molar-refractivity contribution in [2.75, 3.05) is 4.90 Å². The number of fused-ring (bicyclic) bond motifs is 7. The summed E-state index contributed by atoms with van der Waals surface area (Å²) in [6.07, 6.45) is 0. The Bertz CT molecular complexity index is 3910. The molecule has 0 aliphatic rings. The van der Waals surface area contributed by atoms with Crippen molar-refractivity contribution < 1.29 is 4.42 Å². The first-order valence-electron chi connectivity index (χ1n) is 22.9. The maximum absolute atomic E-state index is 6.56. The molecule has 314 valence electrons. The third kappa shape index (κ3) is 6.51. The first-order chi connectivity index (χ1) is 33.2. The van der Waals surface area contributed by atoms with Crippen molar-refractivity contribution in [2.45, 2.75) is 0 Å². The minimum absolute atomic E-state index is 0.864. The first kappa shape index (κ1) is 38.5. The Morgan fingerprint density at radius 1 is 0.299 bits per heavy atom. The molecule has 0 spiro atoms. The summed E-state index contributed by atoms with van der Waals surface area (Å²) in [5.41, 5.74) is 17.6. The Balaban J connectivity index is 1.05. The average molecular weight is 855 g/mol. The summed E-state index contributed by atoms with van der Waals surface area (Å²) in [4.78, 5) is 2.39. The van der Waals surface area contributed by atoms with Crippen LogP contribution in [-0.2, 0) is 0 Å². The van der Waals surface area contributed by atoms with Gasteiger partial charge in [-0.05, 0) is 116 Å². The quantitative estimate of drug-likeness (QED) is 0.152. The van der Waals surface area contributed by atoms with E-state index in [2.05, 4.69) is 258 Å². The Morgan fingerprint density at radius 3 is 1.58 bits per heavy atom. The largest absolute Gasteiger partial charge is 0.456 e. The van der Waals surface area contributed by atoms with Crippen LogP contribution in [0, 0.1) is 0 Å². The summed E-state index contributed by atoms with van der Waals surface area (Å²) >= 11 is 0. The SMILES string of the molecule is c1ccc(-c2ccc(N(c3ccc(-c4cccc5ccccc45)cc3)c3ccc(-c4ccccc4-n4c5ccccc5c5ccccc54)c(-c4cccc5oc6ccccc6c45)c3)cc2)cc1. The van der Waals surface area contributed by atoms with Crippen LogP contribution in [0.5, 0.6) is 0 Å². The van der Waals surface area contributed by atoms with Gasteiger partial charge in [-0.1, -0.05) is 188 Å². The molecule has 0 amide bonds. The van der Waals surface area contributed by atoms with Crippen molar-refractivity contribution >= 4 is 71.6 Å². The molecule has 0 atom stereocenters. The van der Waals surface area contributed by atoms with Gasteiger partial charge in [0.25, 0.3) is 0 Å². The molecule has 3 heteroatoms. The summed E-state index contributed by atoms with van der Waals surface area (Å²) in [7, 11) is 0. The van der Waals surface area contributed by atoms with Gasteiger partial charge in [0.2, 0.25) is 0 Å². The molecule has 0 unspecified atom stereocenters. The van der Waals surface area contributed by atoms with E-state index >= 15 is 0 Å². The van der Waals surface area contributed by atoms with Crippen molar-refractivity contribution in [3.63, 3.8) is 0 Å². The fourth-order valence-corrected chi connectivity index (χ4v) is 10.4. The molecule has 13 rings (SSSR count). The van der Waals surface area contributed by atoms with Gasteiger partial charge in [-0.2, -0.15) is 0 Å². The summed E-state index contributed by atoms with van der Waals surface area (Å²) in [5, 5.41) is 7.14. The molecule has 2 heterocycles. The molecule has 0 radical (unpaired) electrons. The fourth-order valence-electron chi connectivity index (χ4n) is 10.4. The zero-order valence-electron chi connectivity index (χ0n) is 36.6. The Labute approximate surface area is 388 Å². The van der Waals surface area contributed by atoms with Crippen LogP contribution in [0.15, 0.2) is 259 Å². The molecule has 0 N–H and O–H groups in total. The molecule has 0 aliphatic carbocycles. The molecule has 0 bridgehead atoms. The Morgan fingerprint density at radius 2 is 0.821 bits per heavy atom. The predicted octanol–water partition coefficient (Wildman–Crippen LogP) is 18.0. The molecule has 0 saturated carbocycles. The van der Waals surface area contributed by atoms with Crippen LogP contribution in [0.25, 0.3) is 105 Å². The molecular formula is C64H42N2O. The molecule has 0 aliphatic heterocycles. The summed E-state index contributed by atoms with van der Waals surface area (Å²) in [5.74, 6) is 0. The van der Waals surface area contributed by atoms with Gasteiger partial charge < -0.3 is 13.9 Å². The van der Waals surface area contributed by atoms with Crippen LogP contribution in [-0.4, -0.2) is 4.57 Å². The highest BCUT2D eigenvalue weighted by Crippen LogP contribution is 2.47. The number of benzene rings is 11. The van der Waals surface area contributed by atoms with Crippen molar-refractivity contribution in [1.82, 2.24) is 4.57 Å². The van der Waals surface area contributed by atoms with Gasteiger partial charge in [0, 0.05) is 44.2 Å². The summed E-state index contributed by atoms with van der Waals surface area (Å²) in [6.45, 7) is 0. The second-order valence-corrected chi connectivity index (χ2v) is 17.2. The minimum Gasteiger partial charge on any atom is -0.456 e. The maximum Gasteiger partial charge on any atom is 0.136 e. The van der Waals surface area contributed by atoms with Gasteiger partial charge in [-0.15, -0.1) is 0 Å². The van der Waals surface area contributed by atoms with E-state index < -0.39 is 0 Å². The predicted molar refractivity (Wildman–Crippen MR) is 282 cm³/mol. The van der Waals surface area contributed by atoms with E-state index in [0.717, 1.165) is 66.9 Å². The van der Waals surface area contributed by atoms with Crippen LogP contribution in [0.3, 0.4) is 0 Å². The number of anilines is 3. The molecule has 0 saturated heterocycles. The van der Waals surface area contributed by atoms with Gasteiger partial charge in [0.05, 0.1) is 16.7 Å². The number of para-hydroxylation sites is 4. The lowest BCUT2D eigenvalue weighted by Crippen LogP contribution is -2.10. The van der Waals surface area contributed by atoms with E-state index in [-0.39, 0.29) is 0 Å². The lowest BCUT2D eigenvalue weighted by atomic mass is 9.90. The number of rotatable bonds is 8. The lowest BCUT2D eigenvalue weighted by Gasteiger charge is -2.27. The van der Waals surface area contributed by atoms with Crippen molar-refractivity contribution in [3.8, 4) is 50.2 Å². The average Bonchev–Trinajstić information content (AvgIpc) is 3.95. The lowest BCUT2D eigenvalue weighted by molar-refractivity contribution is 0.669. The monoisotopic (exact) mass is 854 g/mol. The van der Waals surface area contributed by atoms with Crippen LogP contribution in [0.4, 0.5) is 17.1 Å². The normalized spacial score (nSPS) is 11.6. The highest BCUT2D eigenvalue weighted by molar-refractivity contribution is 6.15. The van der Waals surface area contributed by atoms with E-state index in [1.54, 1.807) is 0 Å². The molecule has 2 aromatic heterocycles. The van der Waals surface area contributed by atoms with Gasteiger partial charge in [-0.25, -0.2) is 0 Å². The number of furan rings is 1. The number of hydrogen-bond acceptors (Lipinski definition) is 2. The first-order valence-corrected chi connectivity index (χ1v) is 22.9. The third-order valence-corrected chi connectivity index (χ3v) is 13.4. The molecule has 67 heavy (non-hydrogen) atoms. The number of hydrogen-bond donors (Lipinski definition) is 0. The summed E-state index contributed by atoms with van der Waals surface area (Å²) < 4.78 is 9.00. The van der Waals surface area contributed by atoms with Crippen molar-refractivity contribution in [1.29, 1.82) is 0 Å². The smallest absolute Gasteiger partial charge is 0.136 e. The Kier molecular flexibility index (Phi) is 9.17. The number of nitrogens with zero attached hydrogens (tertiary/aromatic N) is 2. The highest BCUT2D eigenvalue weighted by atomic mass is 16.3. The highest BCUT2D eigenvalue weighted by Gasteiger charge is 2.23. The third-order valence-electron chi connectivity index (χ3n) is 13.4. The van der Waals surface area contributed by atoms with Crippen molar-refractivity contribution in [2.24, 2.45) is 0 Å². The van der Waals surface area contributed by atoms with E-state index in [1.807, 2.05) is 6.07 Å². The standard InChI is InChI=1S/C64H42N2O/c1-2-16-43(17-3-1)44-32-36-47(37-33-44)65(48-38-34-46(35-39-48)51-25-14-19-45-18-4-5-20-50(45)51)49-40-41-52(58(42-49)56-26-15-31-63-64(56)57-24-9-13-30-62(57)67-63)53-21-6-10-27-59(53)66-60-28-11-7-22-54(60)55-23-8-12-29-61(55)66/h1-42H. The zero-order valence-corrected chi connectivity index (χ0v) is 36.6. The van der Waals surface area contributed by atoms with E-state index in [4.69, 9.17) is 4.42 Å². The van der Waals surface area contributed by atoms with Crippen LogP contribution in [0.2, 0.25) is 0 Å².